The monoisotopic (exact) mass is 348 g/mol. The molecule has 21 heavy (non-hydrogen) atoms. The van der Waals surface area contributed by atoms with Crippen LogP contribution in [0.25, 0.3) is 11.0 Å². The van der Waals surface area contributed by atoms with Crippen LogP contribution in [0.4, 0.5) is 16.0 Å². The van der Waals surface area contributed by atoms with E-state index in [9.17, 15) is 9.18 Å². The van der Waals surface area contributed by atoms with E-state index in [-0.39, 0.29) is 11.3 Å². The lowest BCUT2D eigenvalue weighted by Gasteiger charge is -2.06. The largest absolute Gasteiger partial charge is 0.396 e. The van der Waals surface area contributed by atoms with Gasteiger partial charge in [0.1, 0.15) is 5.82 Å². The second kappa shape index (κ2) is 5.17. The van der Waals surface area contributed by atoms with Crippen LogP contribution in [0.3, 0.4) is 0 Å². The minimum Gasteiger partial charge on any atom is -0.396 e. The average molecular weight is 349 g/mol. The smallest absolute Gasteiger partial charge is 0.259 e. The van der Waals surface area contributed by atoms with Gasteiger partial charge in [-0.25, -0.2) is 9.37 Å². The number of imidazole rings is 1. The van der Waals surface area contributed by atoms with Crippen molar-refractivity contribution in [1.29, 1.82) is 0 Å². The first kappa shape index (κ1) is 13.6. The van der Waals surface area contributed by atoms with Gasteiger partial charge in [0.2, 0.25) is 5.95 Å². The van der Waals surface area contributed by atoms with E-state index < -0.39 is 11.7 Å². The summed E-state index contributed by atoms with van der Waals surface area (Å²) in [5.74, 6) is -0.703. The van der Waals surface area contributed by atoms with Gasteiger partial charge in [0.25, 0.3) is 5.91 Å². The summed E-state index contributed by atoms with van der Waals surface area (Å²) in [4.78, 5) is 19.4. The molecule has 0 saturated carbocycles. The molecule has 1 aromatic heterocycles. The van der Waals surface area contributed by atoms with Crippen LogP contribution in [-0.4, -0.2) is 15.9 Å². The van der Waals surface area contributed by atoms with E-state index in [1.54, 1.807) is 0 Å². The van der Waals surface area contributed by atoms with Gasteiger partial charge in [0, 0.05) is 4.47 Å². The minimum atomic E-state index is -0.581. The molecular weight excluding hydrogens is 339 g/mol. The van der Waals surface area contributed by atoms with Crippen molar-refractivity contribution in [3.8, 4) is 0 Å². The lowest BCUT2D eigenvalue weighted by Crippen LogP contribution is -2.14. The highest BCUT2D eigenvalue weighted by Gasteiger charge is 2.15. The molecule has 3 rings (SSSR count). The second-order valence-electron chi connectivity index (χ2n) is 4.41. The van der Waals surface area contributed by atoms with Crippen LogP contribution in [-0.2, 0) is 0 Å². The highest BCUT2D eigenvalue weighted by Crippen LogP contribution is 2.24. The molecular formula is C14H10BrFN4O. The van der Waals surface area contributed by atoms with Crippen LogP contribution in [0.1, 0.15) is 10.4 Å². The van der Waals surface area contributed by atoms with E-state index in [0.29, 0.717) is 10.4 Å². The molecule has 1 amide bonds. The summed E-state index contributed by atoms with van der Waals surface area (Å²) >= 11 is 3.14. The Morgan fingerprint density at radius 3 is 2.86 bits per heavy atom. The number of H-pyrrole nitrogens is 1. The predicted molar refractivity (Wildman–Crippen MR) is 82.6 cm³/mol. The Kier molecular flexibility index (Phi) is 3.34. The molecule has 0 aliphatic rings. The number of carbonyl (C=O) groups excluding carboxylic acids is 1. The van der Waals surface area contributed by atoms with E-state index in [0.717, 1.165) is 17.1 Å². The maximum Gasteiger partial charge on any atom is 0.259 e. The van der Waals surface area contributed by atoms with Crippen LogP contribution in [0.2, 0.25) is 0 Å². The van der Waals surface area contributed by atoms with Gasteiger partial charge in [0.15, 0.2) is 0 Å². The number of hydrogen-bond acceptors (Lipinski definition) is 3. The average Bonchev–Trinajstić information content (AvgIpc) is 2.84. The Labute approximate surface area is 127 Å². The number of aromatic amines is 1. The Balaban J connectivity index is 1.91. The van der Waals surface area contributed by atoms with Crippen molar-refractivity contribution >= 4 is 44.5 Å². The number of anilines is 2. The van der Waals surface area contributed by atoms with E-state index in [2.05, 4.69) is 31.2 Å². The maximum atomic E-state index is 13.3. The van der Waals surface area contributed by atoms with Crippen molar-refractivity contribution in [2.45, 2.75) is 0 Å². The van der Waals surface area contributed by atoms with Gasteiger partial charge in [-0.15, -0.1) is 0 Å². The number of carbonyl (C=O) groups is 1. The number of amides is 1. The zero-order chi connectivity index (χ0) is 15.0. The Morgan fingerprint density at radius 2 is 2.10 bits per heavy atom. The van der Waals surface area contributed by atoms with Gasteiger partial charge in [-0.05, 0) is 40.2 Å². The van der Waals surface area contributed by atoms with Crippen LogP contribution < -0.4 is 11.1 Å². The van der Waals surface area contributed by atoms with Gasteiger partial charge < -0.3 is 10.7 Å². The summed E-state index contributed by atoms with van der Waals surface area (Å²) in [6, 6.07) is 9.83. The molecule has 0 spiro atoms. The van der Waals surface area contributed by atoms with Crippen LogP contribution in [0, 0.1) is 5.82 Å². The normalized spacial score (nSPS) is 10.8. The maximum absolute atomic E-state index is 13.3. The van der Waals surface area contributed by atoms with Crippen LogP contribution in [0.15, 0.2) is 40.9 Å². The molecule has 1 heterocycles. The molecule has 7 heteroatoms. The number of nitrogen functional groups attached to an aromatic ring is 1. The summed E-state index contributed by atoms with van der Waals surface area (Å²) in [6.07, 6.45) is 0. The lowest BCUT2D eigenvalue weighted by atomic mass is 10.2. The number of hydrogen-bond donors (Lipinski definition) is 3. The molecule has 0 radical (unpaired) electrons. The fraction of sp³-hybridized carbons (Fsp3) is 0. The van der Waals surface area contributed by atoms with Gasteiger partial charge in [-0.1, -0.05) is 12.1 Å². The van der Waals surface area contributed by atoms with Crippen molar-refractivity contribution in [3.05, 3.63) is 52.3 Å². The summed E-state index contributed by atoms with van der Waals surface area (Å²) in [6.45, 7) is 0. The van der Waals surface area contributed by atoms with Crippen molar-refractivity contribution in [2.75, 3.05) is 11.1 Å². The minimum absolute atomic E-state index is 0.0899. The Morgan fingerprint density at radius 1 is 1.33 bits per heavy atom. The number of nitrogens with zero attached hydrogens (tertiary/aromatic N) is 1. The Bertz CT molecular complexity index is 813. The first-order chi connectivity index (χ1) is 10.0. The van der Waals surface area contributed by atoms with E-state index in [1.165, 1.54) is 6.07 Å². The molecule has 5 nitrogen and oxygen atoms in total. The summed E-state index contributed by atoms with van der Waals surface area (Å²) < 4.78 is 13.6. The van der Waals surface area contributed by atoms with Crippen LogP contribution >= 0.6 is 15.9 Å². The molecule has 0 unspecified atom stereocenters. The number of halogens is 2. The zero-order valence-electron chi connectivity index (χ0n) is 10.7. The van der Waals surface area contributed by atoms with Gasteiger partial charge in [-0.3, -0.25) is 10.1 Å². The third-order valence-electron chi connectivity index (χ3n) is 2.95. The fourth-order valence-corrected chi connectivity index (χ4v) is 2.42. The number of aromatic nitrogens is 2. The first-order valence-corrected chi connectivity index (χ1v) is 6.84. The van der Waals surface area contributed by atoms with Crippen molar-refractivity contribution < 1.29 is 9.18 Å². The Hall–Kier alpha value is -2.41. The molecule has 0 fully saturated rings. The summed E-state index contributed by atoms with van der Waals surface area (Å²) in [7, 11) is 0. The highest BCUT2D eigenvalue weighted by molar-refractivity contribution is 9.10. The molecule has 4 N–H and O–H groups in total. The van der Waals surface area contributed by atoms with Gasteiger partial charge >= 0.3 is 0 Å². The van der Waals surface area contributed by atoms with E-state index in [4.69, 9.17) is 5.73 Å². The molecule has 3 aromatic rings. The first-order valence-electron chi connectivity index (χ1n) is 6.05. The van der Waals surface area contributed by atoms with Crippen molar-refractivity contribution in [3.63, 3.8) is 0 Å². The molecule has 0 bridgehead atoms. The van der Waals surface area contributed by atoms with Crippen molar-refractivity contribution in [1.82, 2.24) is 9.97 Å². The molecule has 2 aromatic carbocycles. The van der Waals surface area contributed by atoms with Gasteiger partial charge in [0.05, 0.1) is 22.3 Å². The summed E-state index contributed by atoms with van der Waals surface area (Å²) in [5, 5.41) is 2.62. The van der Waals surface area contributed by atoms with Crippen molar-refractivity contribution in [2.24, 2.45) is 0 Å². The standard InChI is InChI=1S/C14H10BrFN4O/c15-8-6-9(16)10(17)5-7(8)13(21)20-14-18-11-3-1-2-4-12(11)19-14/h1-6H,17H2,(H2,18,19,20,21). The highest BCUT2D eigenvalue weighted by atomic mass is 79.9. The molecule has 0 saturated heterocycles. The lowest BCUT2D eigenvalue weighted by molar-refractivity contribution is 0.102. The summed E-state index contributed by atoms with van der Waals surface area (Å²) in [5.41, 5.74) is 7.18. The number of para-hydroxylation sites is 2. The number of benzene rings is 2. The topological polar surface area (TPSA) is 83.8 Å². The predicted octanol–water partition coefficient (Wildman–Crippen LogP) is 3.30. The molecule has 106 valence electrons. The fourth-order valence-electron chi connectivity index (χ4n) is 1.93. The quantitative estimate of drug-likeness (QED) is 0.621. The molecule has 0 atom stereocenters. The number of rotatable bonds is 2. The second-order valence-corrected chi connectivity index (χ2v) is 5.26. The zero-order valence-corrected chi connectivity index (χ0v) is 12.2. The van der Waals surface area contributed by atoms with E-state index in [1.807, 2.05) is 24.3 Å². The number of fused-ring (bicyclic) bond motifs is 1. The number of nitrogens with two attached hydrogens (primary N) is 1. The van der Waals surface area contributed by atoms with E-state index >= 15 is 0 Å². The third-order valence-corrected chi connectivity index (χ3v) is 3.61. The third kappa shape index (κ3) is 2.59. The van der Waals surface area contributed by atoms with Gasteiger partial charge in [-0.2, -0.15) is 0 Å². The molecule has 0 aliphatic carbocycles. The number of nitrogens with one attached hydrogen (secondary N) is 2. The van der Waals surface area contributed by atoms with Crippen LogP contribution in [0.5, 0.6) is 0 Å². The SMILES string of the molecule is Nc1cc(C(=O)Nc2nc3ccccc3[nH]2)c(Br)cc1F. The molecule has 0 aliphatic heterocycles.